The summed E-state index contributed by atoms with van der Waals surface area (Å²) in [6.07, 6.45) is 4.44. The number of hydrogen-bond acceptors (Lipinski definition) is 2. The highest BCUT2D eigenvalue weighted by Crippen LogP contribution is 2.45. The molecule has 0 N–H and O–H groups in total. The number of ether oxygens (including phenoxy) is 2. The monoisotopic (exact) mass is 232 g/mol. The van der Waals surface area contributed by atoms with Crippen molar-refractivity contribution in [3.05, 3.63) is 29.3 Å². The van der Waals surface area contributed by atoms with E-state index in [4.69, 9.17) is 9.47 Å². The first-order valence-corrected chi connectivity index (χ1v) is 5.91. The van der Waals surface area contributed by atoms with Crippen molar-refractivity contribution < 1.29 is 9.47 Å². The van der Waals surface area contributed by atoms with Crippen LogP contribution in [0.3, 0.4) is 0 Å². The second-order valence-corrected chi connectivity index (χ2v) is 5.54. The Bertz CT molecular complexity index is 453. The van der Waals surface area contributed by atoms with E-state index in [9.17, 15) is 0 Å². The lowest BCUT2D eigenvalue weighted by Crippen LogP contribution is -2.15. The number of allylic oxidation sites excluding steroid dienone is 1. The molecule has 0 saturated carbocycles. The van der Waals surface area contributed by atoms with Gasteiger partial charge in [0.15, 0.2) is 11.5 Å². The predicted octanol–water partition coefficient (Wildman–Crippen LogP) is 3.86. The maximum absolute atomic E-state index is 5.37. The van der Waals surface area contributed by atoms with Crippen molar-refractivity contribution in [2.75, 3.05) is 14.2 Å². The summed E-state index contributed by atoms with van der Waals surface area (Å²) in [7, 11) is 3.35. The molecule has 0 fully saturated rings. The summed E-state index contributed by atoms with van der Waals surface area (Å²) in [5, 5.41) is 0. The summed E-state index contributed by atoms with van der Waals surface area (Å²) in [6.45, 7) is 6.77. The van der Waals surface area contributed by atoms with E-state index in [1.807, 2.05) is 0 Å². The van der Waals surface area contributed by atoms with E-state index >= 15 is 0 Å². The van der Waals surface area contributed by atoms with Gasteiger partial charge >= 0.3 is 0 Å². The average Bonchev–Trinajstić information content (AvgIpc) is 2.69. The first-order chi connectivity index (χ1) is 7.97. The van der Waals surface area contributed by atoms with Crippen LogP contribution in [0.15, 0.2) is 18.2 Å². The van der Waals surface area contributed by atoms with Crippen LogP contribution in [0.2, 0.25) is 0 Å². The Labute approximate surface area is 103 Å². The summed E-state index contributed by atoms with van der Waals surface area (Å²) < 4.78 is 10.7. The molecule has 0 saturated heterocycles. The lowest BCUT2D eigenvalue weighted by atomic mass is 9.78. The van der Waals surface area contributed by atoms with Crippen molar-refractivity contribution in [2.24, 2.45) is 5.41 Å². The van der Waals surface area contributed by atoms with Crippen LogP contribution < -0.4 is 9.47 Å². The largest absolute Gasteiger partial charge is 0.493 e. The maximum atomic E-state index is 5.37. The van der Waals surface area contributed by atoms with Gasteiger partial charge in [0, 0.05) is 5.92 Å². The Kier molecular flexibility index (Phi) is 2.90. The molecule has 0 aromatic heterocycles. The fourth-order valence-corrected chi connectivity index (χ4v) is 2.38. The van der Waals surface area contributed by atoms with Gasteiger partial charge in [0.05, 0.1) is 14.2 Å². The highest BCUT2D eigenvalue weighted by molar-refractivity contribution is 5.67. The third-order valence-corrected chi connectivity index (χ3v) is 3.33. The molecule has 1 aromatic carbocycles. The highest BCUT2D eigenvalue weighted by atomic mass is 16.5. The van der Waals surface area contributed by atoms with Gasteiger partial charge in [0.25, 0.3) is 0 Å². The topological polar surface area (TPSA) is 18.5 Å². The molecule has 2 heteroatoms. The predicted molar refractivity (Wildman–Crippen MR) is 70.8 cm³/mol. The third-order valence-electron chi connectivity index (χ3n) is 3.33. The molecule has 0 spiro atoms. The molecule has 1 aliphatic rings. The Morgan fingerprint density at radius 3 is 2.12 bits per heavy atom. The molecule has 2 rings (SSSR count). The molecule has 0 radical (unpaired) electrons. The van der Waals surface area contributed by atoms with Gasteiger partial charge in [-0.25, -0.2) is 0 Å². The molecule has 17 heavy (non-hydrogen) atoms. The summed E-state index contributed by atoms with van der Waals surface area (Å²) in [4.78, 5) is 0. The quantitative estimate of drug-likeness (QED) is 0.770. The van der Waals surface area contributed by atoms with Crippen LogP contribution in [0.5, 0.6) is 11.5 Å². The van der Waals surface area contributed by atoms with E-state index in [1.54, 1.807) is 14.2 Å². The smallest absolute Gasteiger partial charge is 0.161 e. The summed E-state index contributed by atoms with van der Waals surface area (Å²) in [5.41, 5.74) is 2.79. The van der Waals surface area contributed by atoms with Gasteiger partial charge in [-0.2, -0.15) is 0 Å². The first-order valence-electron chi connectivity index (χ1n) is 5.91. The second kappa shape index (κ2) is 4.10. The lowest BCUT2D eigenvalue weighted by Gasteiger charge is -2.27. The van der Waals surface area contributed by atoms with E-state index < -0.39 is 0 Å². The van der Waals surface area contributed by atoms with Crippen LogP contribution in [0.1, 0.15) is 37.8 Å². The van der Waals surface area contributed by atoms with E-state index in [0.29, 0.717) is 5.92 Å². The van der Waals surface area contributed by atoms with Crippen LogP contribution in [-0.4, -0.2) is 14.2 Å². The zero-order valence-corrected chi connectivity index (χ0v) is 11.2. The van der Waals surface area contributed by atoms with Crippen molar-refractivity contribution in [1.82, 2.24) is 0 Å². The molecule has 1 atom stereocenters. The van der Waals surface area contributed by atoms with Crippen LogP contribution in [0.25, 0.3) is 6.08 Å². The average molecular weight is 232 g/mol. The summed E-state index contributed by atoms with van der Waals surface area (Å²) in [5.74, 6) is 2.05. The molecule has 2 nitrogen and oxygen atoms in total. The van der Waals surface area contributed by atoms with Gasteiger partial charge in [-0.05, 0) is 28.7 Å². The Morgan fingerprint density at radius 2 is 1.59 bits per heavy atom. The fraction of sp³-hybridized carbons (Fsp3) is 0.467. The van der Waals surface area contributed by atoms with Gasteiger partial charge < -0.3 is 9.47 Å². The summed E-state index contributed by atoms with van der Waals surface area (Å²) >= 11 is 0. The standard InChI is InChI=1S/C15H20O2/c1-15(2,3)12-7-6-10-8-13(16-4)14(17-5)9-11(10)12/h6-9,12H,1-5H3. The first kappa shape index (κ1) is 12.0. The Balaban J connectivity index is 2.50. The molecule has 1 unspecified atom stereocenters. The van der Waals surface area contributed by atoms with E-state index in [0.717, 1.165) is 11.5 Å². The SMILES string of the molecule is COc1cc2c(cc1OC)C(C(C)(C)C)C=C2. The van der Waals surface area contributed by atoms with Crippen LogP contribution in [-0.2, 0) is 0 Å². The lowest BCUT2D eigenvalue weighted by molar-refractivity contribution is 0.349. The third kappa shape index (κ3) is 2.04. The van der Waals surface area contributed by atoms with Crippen molar-refractivity contribution in [3.8, 4) is 11.5 Å². The number of rotatable bonds is 2. The minimum atomic E-state index is 0.224. The van der Waals surface area contributed by atoms with Gasteiger partial charge in [-0.3, -0.25) is 0 Å². The number of fused-ring (bicyclic) bond motifs is 1. The van der Waals surface area contributed by atoms with Gasteiger partial charge in [-0.1, -0.05) is 32.9 Å². The molecule has 0 amide bonds. The minimum absolute atomic E-state index is 0.224. The van der Waals surface area contributed by atoms with Gasteiger partial charge in [-0.15, -0.1) is 0 Å². The fourth-order valence-electron chi connectivity index (χ4n) is 2.38. The highest BCUT2D eigenvalue weighted by Gasteiger charge is 2.29. The molecular formula is C15H20O2. The van der Waals surface area contributed by atoms with E-state index in [2.05, 4.69) is 45.1 Å². The Hall–Kier alpha value is -1.44. The van der Waals surface area contributed by atoms with Crippen molar-refractivity contribution in [1.29, 1.82) is 0 Å². The Morgan fingerprint density at radius 1 is 1.00 bits per heavy atom. The molecule has 0 heterocycles. The van der Waals surface area contributed by atoms with Gasteiger partial charge in [0.2, 0.25) is 0 Å². The molecule has 1 aliphatic carbocycles. The van der Waals surface area contributed by atoms with E-state index in [1.165, 1.54) is 11.1 Å². The zero-order valence-electron chi connectivity index (χ0n) is 11.2. The van der Waals surface area contributed by atoms with Crippen LogP contribution in [0.4, 0.5) is 0 Å². The van der Waals surface area contributed by atoms with Crippen LogP contribution in [0, 0.1) is 5.41 Å². The molecule has 92 valence electrons. The molecule has 0 aliphatic heterocycles. The number of hydrogen-bond donors (Lipinski definition) is 0. The zero-order chi connectivity index (χ0) is 12.6. The maximum Gasteiger partial charge on any atom is 0.161 e. The van der Waals surface area contributed by atoms with Crippen molar-refractivity contribution in [2.45, 2.75) is 26.7 Å². The van der Waals surface area contributed by atoms with Crippen molar-refractivity contribution >= 4 is 6.08 Å². The van der Waals surface area contributed by atoms with Crippen molar-refractivity contribution in [3.63, 3.8) is 0 Å². The molecule has 0 bridgehead atoms. The van der Waals surface area contributed by atoms with Gasteiger partial charge in [0.1, 0.15) is 0 Å². The number of methoxy groups -OCH3 is 2. The normalized spacial score (nSPS) is 18.1. The minimum Gasteiger partial charge on any atom is -0.493 e. The van der Waals surface area contributed by atoms with Crippen LogP contribution >= 0.6 is 0 Å². The summed E-state index contributed by atoms with van der Waals surface area (Å²) in [6, 6.07) is 4.15. The number of benzene rings is 1. The van der Waals surface area contributed by atoms with E-state index in [-0.39, 0.29) is 5.41 Å². The second-order valence-electron chi connectivity index (χ2n) is 5.54. The molecule has 1 aromatic rings. The molecular weight excluding hydrogens is 212 g/mol.